The highest BCUT2D eigenvalue weighted by Gasteiger charge is 2.43. The molecule has 2 heterocycles. The van der Waals surface area contributed by atoms with Gasteiger partial charge in [-0.3, -0.25) is 0 Å². The Morgan fingerprint density at radius 3 is 2.55 bits per heavy atom. The molecule has 0 spiro atoms. The van der Waals surface area contributed by atoms with Gasteiger partial charge in [0, 0.05) is 32.9 Å². The van der Waals surface area contributed by atoms with Gasteiger partial charge in [0.05, 0.1) is 0 Å². The highest BCUT2D eigenvalue weighted by Crippen LogP contribution is 2.49. The van der Waals surface area contributed by atoms with Crippen LogP contribution in [0.25, 0.3) is 0 Å². The van der Waals surface area contributed by atoms with Crippen LogP contribution in [0.3, 0.4) is 0 Å². The average molecular weight is 354 g/mol. The molecular weight excluding hydrogens is 334 g/mol. The molecule has 0 amide bonds. The minimum atomic E-state index is 0.0608. The topological polar surface area (TPSA) is 30.7 Å². The summed E-state index contributed by atoms with van der Waals surface area (Å²) < 4.78 is 3.78. The van der Waals surface area contributed by atoms with Crippen molar-refractivity contribution in [1.29, 1.82) is 0 Å². The predicted molar refractivity (Wildman–Crippen MR) is 86.3 cm³/mol. The SMILES string of the molecule is CC(C)(c1nnc(C2CC2)n1C1CC1)C1C=C(Br)SC1. The quantitative estimate of drug-likeness (QED) is 0.805. The Hall–Kier alpha value is -0.290. The number of aromatic nitrogens is 3. The largest absolute Gasteiger partial charge is 0.311 e. The number of halogens is 1. The first-order valence-electron chi connectivity index (χ1n) is 7.53. The van der Waals surface area contributed by atoms with Crippen LogP contribution in [0.4, 0.5) is 0 Å². The molecule has 108 valence electrons. The molecule has 20 heavy (non-hydrogen) atoms. The van der Waals surface area contributed by atoms with Crippen LogP contribution in [0.2, 0.25) is 0 Å². The van der Waals surface area contributed by atoms with Crippen molar-refractivity contribution in [3.63, 3.8) is 0 Å². The number of thioether (sulfide) groups is 1. The van der Waals surface area contributed by atoms with Crippen LogP contribution in [0, 0.1) is 5.92 Å². The van der Waals surface area contributed by atoms with Crippen LogP contribution in [0.1, 0.15) is 63.1 Å². The number of hydrogen-bond donors (Lipinski definition) is 0. The van der Waals surface area contributed by atoms with Crippen LogP contribution in [-0.4, -0.2) is 20.5 Å². The van der Waals surface area contributed by atoms with Gasteiger partial charge in [-0.25, -0.2) is 0 Å². The van der Waals surface area contributed by atoms with Gasteiger partial charge in [0.2, 0.25) is 0 Å². The third-order valence-corrected chi connectivity index (χ3v) is 6.70. The molecule has 0 bridgehead atoms. The lowest BCUT2D eigenvalue weighted by Crippen LogP contribution is -2.32. The van der Waals surface area contributed by atoms with E-state index in [0.717, 1.165) is 5.75 Å². The van der Waals surface area contributed by atoms with Gasteiger partial charge in [0.15, 0.2) is 0 Å². The zero-order chi connectivity index (χ0) is 13.9. The highest BCUT2D eigenvalue weighted by molar-refractivity contribution is 9.14. The fraction of sp³-hybridized carbons (Fsp3) is 0.733. The molecule has 5 heteroatoms. The Bertz CT molecular complexity index is 570. The standard InChI is InChI=1S/C15H20BrN3S/c1-15(2,10-7-12(16)20-8-10)14-18-17-13(9-3-4-9)19(14)11-5-6-11/h7,9-11H,3-6,8H2,1-2H3. The van der Waals surface area contributed by atoms with Gasteiger partial charge < -0.3 is 4.57 Å². The third kappa shape index (κ3) is 2.17. The zero-order valence-corrected chi connectivity index (χ0v) is 14.4. The van der Waals surface area contributed by atoms with Crippen molar-refractivity contribution in [1.82, 2.24) is 14.8 Å². The maximum atomic E-state index is 4.64. The number of hydrogen-bond acceptors (Lipinski definition) is 3. The van der Waals surface area contributed by atoms with E-state index in [0.29, 0.717) is 17.9 Å². The molecule has 1 unspecified atom stereocenters. The molecule has 2 saturated carbocycles. The van der Waals surface area contributed by atoms with Crippen LogP contribution in [0.5, 0.6) is 0 Å². The Balaban J connectivity index is 1.73. The molecule has 3 aliphatic rings. The molecule has 3 nitrogen and oxygen atoms in total. The number of nitrogens with zero attached hydrogens (tertiary/aromatic N) is 3. The Labute approximate surface area is 132 Å². The molecule has 1 aromatic rings. The minimum Gasteiger partial charge on any atom is -0.311 e. The molecular formula is C15H20BrN3S. The van der Waals surface area contributed by atoms with Crippen molar-refractivity contribution in [2.45, 2.75) is 56.9 Å². The molecule has 2 fully saturated rings. The van der Waals surface area contributed by atoms with Gasteiger partial charge in [-0.1, -0.05) is 19.9 Å². The van der Waals surface area contributed by atoms with Crippen molar-refractivity contribution >= 4 is 27.7 Å². The van der Waals surface area contributed by atoms with Gasteiger partial charge in [-0.05, 0) is 41.6 Å². The van der Waals surface area contributed by atoms with Crippen LogP contribution in [-0.2, 0) is 5.41 Å². The van der Waals surface area contributed by atoms with Crippen LogP contribution >= 0.6 is 27.7 Å². The first kappa shape index (κ1) is 13.4. The summed E-state index contributed by atoms with van der Waals surface area (Å²) in [4.78, 5) is 0. The zero-order valence-electron chi connectivity index (χ0n) is 12.0. The van der Waals surface area contributed by atoms with E-state index in [1.54, 1.807) is 0 Å². The van der Waals surface area contributed by atoms with Crippen LogP contribution in [0.15, 0.2) is 9.89 Å². The van der Waals surface area contributed by atoms with Gasteiger partial charge in [-0.15, -0.1) is 22.0 Å². The summed E-state index contributed by atoms with van der Waals surface area (Å²) in [5.41, 5.74) is 0.0608. The van der Waals surface area contributed by atoms with Crippen molar-refractivity contribution < 1.29 is 0 Å². The first-order valence-corrected chi connectivity index (χ1v) is 9.30. The lowest BCUT2D eigenvalue weighted by molar-refractivity contribution is 0.373. The monoisotopic (exact) mass is 353 g/mol. The van der Waals surface area contributed by atoms with E-state index in [1.807, 2.05) is 11.8 Å². The van der Waals surface area contributed by atoms with E-state index in [-0.39, 0.29) is 5.41 Å². The molecule has 2 aliphatic carbocycles. The molecule has 0 aromatic carbocycles. The summed E-state index contributed by atoms with van der Waals surface area (Å²) in [6, 6.07) is 0.677. The second-order valence-corrected chi connectivity index (χ2v) is 9.31. The molecule has 0 radical (unpaired) electrons. The Morgan fingerprint density at radius 1 is 1.25 bits per heavy atom. The maximum Gasteiger partial charge on any atom is 0.139 e. The third-order valence-electron chi connectivity index (χ3n) is 4.81. The van der Waals surface area contributed by atoms with E-state index >= 15 is 0 Å². The Kier molecular flexibility index (Phi) is 3.08. The van der Waals surface area contributed by atoms with E-state index in [9.17, 15) is 0 Å². The van der Waals surface area contributed by atoms with Crippen molar-refractivity contribution in [2.75, 3.05) is 5.75 Å². The minimum absolute atomic E-state index is 0.0608. The van der Waals surface area contributed by atoms with Gasteiger partial charge in [0.25, 0.3) is 0 Å². The molecule has 1 aliphatic heterocycles. The van der Waals surface area contributed by atoms with E-state index in [2.05, 4.69) is 50.6 Å². The fourth-order valence-electron chi connectivity index (χ4n) is 3.06. The van der Waals surface area contributed by atoms with Gasteiger partial charge in [-0.2, -0.15) is 0 Å². The second kappa shape index (κ2) is 4.60. The smallest absolute Gasteiger partial charge is 0.139 e. The summed E-state index contributed by atoms with van der Waals surface area (Å²) in [7, 11) is 0. The van der Waals surface area contributed by atoms with E-state index in [4.69, 9.17) is 0 Å². The van der Waals surface area contributed by atoms with Gasteiger partial charge in [0.1, 0.15) is 11.6 Å². The fourth-order valence-corrected chi connectivity index (χ4v) is 4.89. The predicted octanol–water partition coefficient (Wildman–Crippen LogP) is 4.37. The van der Waals surface area contributed by atoms with Crippen molar-refractivity contribution in [3.8, 4) is 0 Å². The molecule has 1 atom stereocenters. The maximum absolute atomic E-state index is 4.64. The highest BCUT2D eigenvalue weighted by atomic mass is 79.9. The lowest BCUT2D eigenvalue weighted by Gasteiger charge is -2.30. The summed E-state index contributed by atoms with van der Waals surface area (Å²) in [6.07, 6.45) is 7.57. The van der Waals surface area contributed by atoms with Crippen molar-refractivity contribution in [3.05, 3.63) is 21.5 Å². The first-order chi connectivity index (χ1) is 9.57. The molecule has 0 saturated heterocycles. The molecule has 0 N–H and O–H groups in total. The van der Waals surface area contributed by atoms with Gasteiger partial charge >= 0.3 is 0 Å². The number of rotatable bonds is 4. The number of allylic oxidation sites excluding steroid dienone is 1. The Morgan fingerprint density at radius 2 is 2.00 bits per heavy atom. The summed E-state index contributed by atoms with van der Waals surface area (Å²) in [6.45, 7) is 4.67. The van der Waals surface area contributed by atoms with Crippen molar-refractivity contribution in [2.24, 2.45) is 5.92 Å². The summed E-state index contributed by atoms with van der Waals surface area (Å²) in [5.74, 6) is 4.85. The van der Waals surface area contributed by atoms with E-state index in [1.165, 1.54) is 41.1 Å². The second-order valence-electron chi connectivity index (χ2n) is 6.87. The normalized spacial score (nSPS) is 26.9. The average Bonchev–Trinajstić information content (AvgIpc) is 3.34. The lowest BCUT2D eigenvalue weighted by atomic mass is 9.79. The van der Waals surface area contributed by atoms with E-state index < -0.39 is 0 Å². The summed E-state index contributed by atoms with van der Waals surface area (Å²) in [5, 5.41) is 9.21. The molecule has 1 aromatic heterocycles. The van der Waals surface area contributed by atoms with Crippen LogP contribution < -0.4 is 0 Å². The summed E-state index contributed by atoms with van der Waals surface area (Å²) >= 11 is 5.53. The molecule has 4 rings (SSSR count).